The SMILES string of the molecule is NC(=O)N(O)Cn1c(Cc2cccnc2)cc2cc(F)ccc21. The standard InChI is InChI=1S/C16H15FN4O2/c17-13-3-4-15-12(7-13)8-14(6-11-2-1-5-19-9-11)20(15)10-21(23)16(18)22/h1-5,7-9,23H,6,10H2,(H2,18,22). The van der Waals surface area contributed by atoms with Crippen molar-refractivity contribution in [2.24, 2.45) is 5.73 Å². The Hall–Kier alpha value is -2.93. The van der Waals surface area contributed by atoms with Crippen LogP contribution in [-0.4, -0.2) is 25.9 Å². The summed E-state index contributed by atoms with van der Waals surface area (Å²) in [5.74, 6) is -0.349. The molecule has 0 radical (unpaired) electrons. The van der Waals surface area contributed by atoms with Crippen molar-refractivity contribution in [3.63, 3.8) is 0 Å². The molecule has 6 nitrogen and oxygen atoms in total. The van der Waals surface area contributed by atoms with Crippen molar-refractivity contribution >= 4 is 16.9 Å². The van der Waals surface area contributed by atoms with E-state index in [1.165, 1.54) is 12.1 Å². The van der Waals surface area contributed by atoms with E-state index in [-0.39, 0.29) is 12.5 Å². The van der Waals surface area contributed by atoms with Gasteiger partial charge in [-0.1, -0.05) is 6.07 Å². The van der Waals surface area contributed by atoms with Crippen LogP contribution in [0.3, 0.4) is 0 Å². The van der Waals surface area contributed by atoms with E-state index in [1.807, 2.05) is 18.2 Å². The maximum Gasteiger partial charge on any atom is 0.340 e. The number of carbonyl (C=O) groups excluding carboxylic acids is 1. The first-order valence-corrected chi connectivity index (χ1v) is 6.97. The molecule has 0 atom stereocenters. The average molecular weight is 314 g/mol. The number of fused-ring (bicyclic) bond motifs is 1. The number of nitrogens with zero attached hydrogens (tertiary/aromatic N) is 3. The second kappa shape index (κ2) is 6.05. The van der Waals surface area contributed by atoms with Gasteiger partial charge in [-0.2, -0.15) is 5.06 Å². The van der Waals surface area contributed by atoms with E-state index in [0.29, 0.717) is 22.4 Å². The molecule has 3 aromatic rings. The van der Waals surface area contributed by atoms with Gasteiger partial charge in [0.05, 0.1) is 5.52 Å². The van der Waals surface area contributed by atoms with Crippen molar-refractivity contribution in [2.75, 3.05) is 0 Å². The number of primary amides is 1. The number of carbonyl (C=O) groups is 1. The fraction of sp³-hybridized carbons (Fsp3) is 0.125. The molecular formula is C16H15FN4O2. The summed E-state index contributed by atoms with van der Waals surface area (Å²) in [4.78, 5) is 15.2. The molecule has 3 rings (SSSR count). The van der Waals surface area contributed by atoms with E-state index < -0.39 is 6.03 Å². The summed E-state index contributed by atoms with van der Waals surface area (Å²) in [5.41, 5.74) is 7.54. The topological polar surface area (TPSA) is 84.4 Å². The van der Waals surface area contributed by atoms with Crippen LogP contribution >= 0.6 is 0 Å². The van der Waals surface area contributed by atoms with Gasteiger partial charge in [-0.05, 0) is 35.9 Å². The number of aromatic nitrogens is 2. The van der Waals surface area contributed by atoms with Crippen molar-refractivity contribution in [2.45, 2.75) is 13.1 Å². The number of pyridine rings is 1. The van der Waals surface area contributed by atoms with E-state index in [2.05, 4.69) is 4.98 Å². The van der Waals surface area contributed by atoms with E-state index >= 15 is 0 Å². The van der Waals surface area contributed by atoms with E-state index in [4.69, 9.17) is 5.73 Å². The van der Waals surface area contributed by atoms with Gasteiger partial charge in [0.1, 0.15) is 12.5 Å². The molecule has 0 unspecified atom stereocenters. The van der Waals surface area contributed by atoms with Crippen molar-refractivity contribution in [3.05, 3.63) is 65.9 Å². The van der Waals surface area contributed by atoms with Crippen molar-refractivity contribution in [1.82, 2.24) is 14.6 Å². The molecule has 0 fully saturated rings. The lowest BCUT2D eigenvalue weighted by Crippen LogP contribution is -2.34. The highest BCUT2D eigenvalue weighted by Crippen LogP contribution is 2.23. The molecule has 0 saturated carbocycles. The lowest BCUT2D eigenvalue weighted by molar-refractivity contribution is -0.0639. The highest BCUT2D eigenvalue weighted by Gasteiger charge is 2.14. The zero-order valence-corrected chi connectivity index (χ0v) is 12.2. The summed E-state index contributed by atoms with van der Waals surface area (Å²) in [6.45, 7) is -0.139. The van der Waals surface area contributed by atoms with Crippen LogP contribution in [0.1, 0.15) is 11.3 Å². The van der Waals surface area contributed by atoms with E-state index in [1.54, 1.807) is 23.0 Å². The molecule has 1 aromatic carbocycles. The Morgan fingerprint density at radius 1 is 1.35 bits per heavy atom. The molecule has 2 amide bonds. The van der Waals surface area contributed by atoms with Gasteiger partial charge in [0.2, 0.25) is 0 Å². The van der Waals surface area contributed by atoms with E-state index in [9.17, 15) is 14.4 Å². The molecule has 0 saturated heterocycles. The average Bonchev–Trinajstić information content (AvgIpc) is 2.84. The maximum atomic E-state index is 13.4. The van der Waals surface area contributed by atoms with Gasteiger partial charge in [0, 0.05) is 29.9 Å². The number of rotatable bonds is 4. The number of hydroxylamine groups is 2. The van der Waals surface area contributed by atoms with Gasteiger partial charge in [-0.25, -0.2) is 9.18 Å². The van der Waals surface area contributed by atoms with Crippen LogP contribution < -0.4 is 5.73 Å². The molecule has 0 aliphatic carbocycles. The predicted molar refractivity (Wildman–Crippen MR) is 82.1 cm³/mol. The van der Waals surface area contributed by atoms with Crippen LogP contribution in [0.2, 0.25) is 0 Å². The Morgan fingerprint density at radius 2 is 2.17 bits per heavy atom. The second-order valence-electron chi connectivity index (χ2n) is 5.18. The van der Waals surface area contributed by atoms with E-state index in [0.717, 1.165) is 11.3 Å². The van der Waals surface area contributed by atoms with Crippen LogP contribution in [-0.2, 0) is 13.1 Å². The zero-order chi connectivity index (χ0) is 16.4. The maximum absolute atomic E-state index is 13.4. The number of nitrogens with two attached hydrogens (primary N) is 1. The molecule has 0 bridgehead atoms. The molecule has 0 aliphatic heterocycles. The number of benzene rings is 1. The minimum atomic E-state index is -0.957. The number of hydrogen-bond acceptors (Lipinski definition) is 3. The third-order valence-electron chi connectivity index (χ3n) is 3.59. The Kier molecular flexibility index (Phi) is 3.94. The molecule has 7 heteroatoms. The first-order chi connectivity index (χ1) is 11.0. The van der Waals surface area contributed by atoms with Crippen LogP contribution in [0.25, 0.3) is 10.9 Å². The van der Waals surface area contributed by atoms with Gasteiger partial charge in [-0.3, -0.25) is 10.2 Å². The fourth-order valence-corrected chi connectivity index (χ4v) is 2.53. The van der Waals surface area contributed by atoms with Crippen molar-refractivity contribution in [3.8, 4) is 0 Å². The van der Waals surface area contributed by atoms with Crippen LogP contribution in [0.4, 0.5) is 9.18 Å². The minimum absolute atomic E-state index is 0.139. The molecule has 23 heavy (non-hydrogen) atoms. The lowest BCUT2D eigenvalue weighted by Gasteiger charge is -2.16. The van der Waals surface area contributed by atoms with Gasteiger partial charge < -0.3 is 10.3 Å². The summed E-state index contributed by atoms with van der Waals surface area (Å²) in [5, 5.41) is 10.7. The molecule has 2 aromatic heterocycles. The summed E-state index contributed by atoms with van der Waals surface area (Å²) in [6, 6.07) is 8.95. The Bertz CT molecular complexity index is 848. The molecular weight excluding hydrogens is 299 g/mol. The van der Waals surface area contributed by atoms with Crippen molar-refractivity contribution < 1.29 is 14.4 Å². The van der Waals surface area contributed by atoms with Crippen LogP contribution in [0.5, 0.6) is 0 Å². The van der Waals surface area contributed by atoms with Gasteiger partial charge in [0.15, 0.2) is 0 Å². The van der Waals surface area contributed by atoms with Gasteiger partial charge in [-0.15, -0.1) is 0 Å². The summed E-state index contributed by atoms with van der Waals surface area (Å²) in [6.07, 6.45) is 3.93. The van der Waals surface area contributed by atoms with Gasteiger partial charge in [0.25, 0.3) is 0 Å². The fourth-order valence-electron chi connectivity index (χ4n) is 2.53. The zero-order valence-electron chi connectivity index (χ0n) is 12.2. The molecule has 3 N–H and O–H groups in total. The number of urea groups is 1. The summed E-state index contributed by atoms with van der Waals surface area (Å²) >= 11 is 0. The lowest BCUT2D eigenvalue weighted by atomic mass is 10.1. The molecule has 2 heterocycles. The number of hydrogen-bond donors (Lipinski definition) is 2. The predicted octanol–water partition coefficient (Wildman–Crippen LogP) is 2.49. The number of halogens is 1. The highest BCUT2D eigenvalue weighted by atomic mass is 19.1. The van der Waals surface area contributed by atoms with Crippen molar-refractivity contribution in [1.29, 1.82) is 0 Å². The minimum Gasteiger partial charge on any atom is -0.350 e. The monoisotopic (exact) mass is 314 g/mol. The summed E-state index contributed by atoms with van der Waals surface area (Å²) < 4.78 is 15.2. The van der Waals surface area contributed by atoms with Crippen LogP contribution in [0.15, 0.2) is 48.8 Å². The second-order valence-corrected chi connectivity index (χ2v) is 5.18. The summed E-state index contributed by atoms with van der Waals surface area (Å²) in [7, 11) is 0. The Morgan fingerprint density at radius 3 is 2.87 bits per heavy atom. The third-order valence-corrected chi connectivity index (χ3v) is 3.59. The molecule has 118 valence electrons. The molecule has 0 spiro atoms. The largest absolute Gasteiger partial charge is 0.350 e. The van der Waals surface area contributed by atoms with Gasteiger partial charge >= 0.3 is 6.03 Å². The first kappa shape index (κ1) is 15.0. The smallest absolute Gasteiger partial charge is 0.340 e. The normalized spacial score (nSPS) is 10.9. The Balaban J connectivity index is 2.05. The number of amides is 2. The van der Waals surface area contributed by atoms with Crippen LogP contribution in [0, 0.1) is 5.82 Å². The first-order valence-electron chi connectivity index (χ1n) is 6.97. The quantitative estimate of drug-likeness (QED) is 0.573. The molecule has 0 aliphatic rings. The third kappa shape index (κ3) is 3.14. The highest BCUT2D eigenvalue weighted by molar-refractivity contribution is 5.81. The Labute approximate surface area is 131 Å².